The Morgan fingerprint density at radius 2 is 1.71 bits per heavy atom. The number of carbonyl (C=O) groups is 2. The summed E-state index contributed by atoms with van der Waals surface area (Å²) in [5, 5.41) is 13.0. The molecule has 2 amide bonds. The molecule has 9 heteroatoms. The van der Waals surface area contributed by atoms with E-state index >= 15 is 0 Å². The topological polar surface area (TPSA) is 88.9 Å². The van der Waals surface area contributed by atoms with Crippen LogP contribution in [0.1, 0.15) is 72.4 Å². The highest BCUT2D eigenvalue weighted by Crippen LogP contribution is 2.59. The number of nitrogens with zero attached hydrogens (tertiary/aromatic N) is 4. The third-order valence-corrected chi connectivity index (χ3v) is 10.3. The summed E-state index contributed by atoms with van der Waals surface area (Å²) in [6, 6.07) is 13.3. The lowest BCUT2D eigenvalue weighted by atomic mass is 9.49. The minimum Gasteiger partial charge on any atom is -0.489 e. The molecule has 3 aliphatic heterocycles. The second kappa shape index (κ2) is 10.9. The van der Waals surface area contributed by atoms with E-state index in [9.17, 15) is 14.9 Å². The molecule has 2 aromatic carbocycles. The lowest BCUT2D eigenvalue weighted by molar-refractivity contribution is -0.199. The van der Waals surface area contributed by atoms with Crippen LogP contribution in [0.2, 0.25) is 5.02 Å². The zero-order valence-electron chi connectivity index (χ0n) is 25.0. The van der Waals surface area contributed by atoms with Crippen LogP contribution in [-0.4, -0.2) is 84.0 Å². The number of piperidine rings is 1. The minimum atomic E-state index is -0.339. The fourth-order valence-electron chi connectivity index (χ4n) is 8.34. The van der Waals surface area contributed by atoms with Gasteiger partial charge in [-0.2, -0.15) is 5.26 Å². The number of nitriles is 1. The largest absolute Gasteiger partial charge is 0.489 e. The zero-order valence-corrected chi connectivity index (χ0v) is 25.7. The van der Waals surface area contributed by atoms with Crippen molar-refractivity contribution < 1.29 is 14.3 Å². The first-order valence-electron chi connectivity index (χ1n) is 15.1. The third kappa shape index (κ3) is 4.86. The SMILES string of the molecule is CC1(C)C(Oc2ccc(C#N)c(Cl)c2)C(C)(C)C1N1Cc2cc(C(=O)N3CCN(C4CCNCC4)CC3)ccc2C1=O. The lowest BCUT2D eigenvalue weighted by Crippen LogP contribution is -2.74. The molecule has 0 aromatic heterocycles. The lowest BCUT2D eigenvalue weighted by Gasteiger charge is -2.65. The molecule has 0 unspecified atom stereocenters. The predicted molar refractivity (Wildman–Crippen MR) is 162 cm³/mol. The summed E-state index contributed by atoms with van der Waals surface area (Å²) in [5.41, 5.74) is 1.98. The molecule has 3 fully saturated rings. The van der Waals surface area contributed by atoms with Crippen LogP contribution in [0.25, 0.3) is 0 Å². The normalized spacial score (nSPS) is 25.5. The molecular weight excluding hydrogens is 550 g/mol. The number of fused-ring (bicyclic) bond motifs is 1. The Hall–Kier alpha value is -3.12. The van der Waals surface area contributed by atoms with Gasteiger partial charge in [0.15, 0.2) is 0 Å². The third-order valence-electron chi connectivity index (χ3n) is 10.00. The Kier molecular flexibility index (Phi) is 7.49. The van der Waals surface area contributed by atoms with Crippen molar-refractivity contribution in [3.8, 4) is 11.8 Å². The number of hydrogen-bond acceptors (Lipinski definition) is 6. The number of benzene rings is 2. The van der Waals surface area contributed by atoms with Crippen LogP contribution in [-0.2, 0) is 6.54 Å². The predicted octanol–water partition coefficient (Wildman–Crippen LogP) is 4.56. The first kappa shape index (κ1) is 29.0. The molecule has 0 atom stereocenters. The number of amides is 2. The summed E-state index contributed by atoms with van der Waals surface area (Å²) in [6.07, 6.45) is 2.18. The molecule has 2 aromatic rings. The highest BCUT2D eigenvalue weighted by atomic mass is 35.5. The maximum absolute atomic E-state index is 13.7. The van der Waals surface area contributed by atoms with Crippen LogP contribution in [0, 0.1) is 22.2 Å². The molecule has 0 bridgehead atoms. The second-order valence-corrected chi connectivity index (χ2v) is 13.8. The molecular formula is C33H40ClN5O3. The monoisotopic (exact) mass is 589 g/mol. The van der Waals surface area contributed by atoms with Crippen molar-refractivity contribution in [2.75, 3.05) is 39.3 Å². The number of carbonyl (C=O) groups excluding carboxylic acids is 2. The van der Waals surface area contributed by atoms with Gasteiger partial charge < -0.3 is 19.9 Å². The summed E-state index contributed by atoms with van der Waals surface area (Å²) in [4.78, 5) is 33.6. The first-order chi connectivity index (χ1) is 20.0. The maximum atomic E-state index is 13.7. The van der Waals surface area contributed by atoms with E-state index in [0.717, 1.165) is 44.8 Å². The molecule has 4 aliphatic rings. The number of nitrogens with one attached hydrogen (secondary N) is 1. The van der Waals surface area contributed by atoms with Crippen molar-refractivity contribution in [3.63, 3.8) is 0 Å². The molecule has 0 radical (unpaired) electrons. The number of rotatable bonds is 5. The molecule has 1 saturated carbocycles. The van der Waals surface area contributed by atoms with E-state index in [1.54, 1.807) is 18.2 Å². The van der Waals surface area contributed by atoms with E-state index in [4.69, 9.17) is 16.3 Å². The minimum absolute atomic E-state index is 0.00519. The van der Waals surface area contributed by atoms with E-state index in [-0.39, 0.29) is 34.8 Å². The molecule has 42 heavy (non-hydrogen) atoms. The van der Waals surface area contributed by atoms with Gasteiger partial charge in [-0.1, -0.05) is 39.3 Å². The Balaban J connectivity index is 1.13. The van der Waals surface area contributed by atoms with Crippen molar-refractivity contribution in [3.05, 3.63) is 63.7 Å². The van der Waals surface area contributed by atoms with E-state index < -0.39 is 0 Å². The van der Waals surface area contributed by atoms with Crippen LogP contribution in [0.3, 0.4) is 0 Å². The van der Waals surface area contributed by atoms with Crippen LogP contribution < -0.4 is 10.1 Å². The highest BCUT2D eigenvalue weighted by Gasteiger charge is 2.67. The van der Waals surface area contributed by atoms with E-state index in [1.807, 2.05) is 28.0 Å². The molecule has 2 saturated heterocycles. The summed E-state index contributed by atoms with van der Waals surface area (Å²) in [7, 11) is 0. The highest BCUT2D eigenvalue weighted by molar-refractivity contribution is 6.31. The van der Waals surface area contributed by atoms with Gasteiger partial charge in [-0.15, -0.1) is 0 Å². The fraction of sp³-hybridized carbons (Fsp3) is 0.545. The smallest absolute Gasteiger partial charge is 0.254 e. The van der Waals surface area contributed by atoms with Crippen molar-refractivity contribution in [1.29, 1.82) is 5.26 Å². The Bertz CT molecular complexity index is 1420. The van der Waals surface area contributed by atoms with Gasteiger partial charge in [0, 0.05) is 72.8 Å². The molecule has 3 heterocycles. The number of hydrogen-bond donors (Lipinski definition) is 1. The molecule has 1 aliphatic carbocycles. The van der Waals surface area contributed by atoms with Crippen LogP contribution in [0.4, 0.5) is 0 Å². The Labute approximate surface area is 253 Å². The second-order valence-electron chi connectivity index (χ2n) is 13.4. The van der Waals surface area contributed by atoms with Crippen molar-refractivity contribution >= 4 is 23.4 Å². The van der Waals surface area contributed by atoms with Crippen molar-refractivity contribution in [2.24, 2.45) is 10.8 Å². The van der Waals surface area contributed by atoms with Gasteiger partial charge in [-0.3, -0.25) is 14.5 Å². The Morgan fingerprint density at radius 3 is 2.36 bits per heavy atom. The molecule has 222 valence electrons. The Morgan fingerprint density at radius 1 is 1.02 bits per heavy atom. The van der Waals surface area contributed by atoms with Crippen molar-refractivity contribution in [2.45, 2.75) is 65.3 Å². The number of halogens is 1. The zero-order chi connectivity index (χ0) is 29.8. The maximum Gasteiger partial charge on any atom is 0.254 e. The van der Waals surface area contributed by atoms with Gasteiger partial charge >= 0.3 is 0 Å². The van der Waals surface area contributed by atoms with Gasteiger partial charge in [0.2, 0.25) is 0 Å². The van der Waals surface area contributed by atoms with Gasteiger partial charge in [-0.25, -0.2) is 0 Å². The first-order valence-corrected chi connectivity index (χ1v) is 15.4. The van der Waals surface area contributed by atoms with E-state index in [2.05, 4.69) is 44.0 Å². The molecule has 8 nitrogen and oxygen atoms in total. The van der Waals surface area contributed by atoms with E-state index in [0.29, 0.717) is 40.0 Å². The summed E-state index contributed by atoms with van der Waals surface area (Å²) in [6.45, 7) is 14.5. The van der Waals surface area contributed by atoms with Gasteiger partial charge in [0.25, 0.3) is 11.8 Å². The van der Waals surface area contributed by atoms with E-state index in [1.165, 1.54) is 12.8 Å². The van der Waals surface area contributed by atoms with Crippen LogP contribution in [0.15, 0.2) is 36.4 Å². The molecule has 0 spiro atoms. The fourth-order valence-corrected chi connectivity index (χ4v) is 8.55. The van der Waals surface area contributed by atoms with Gasteiger partial charge in [0.1, 0.15) is 17.9 Å². The van der Waals surface area contributed by atoms with Gasteiger partial charge in [0.05, 0.1) is 10.6 Å². The average Bonchev–Trinajstić information content (AvgIpc) is 3.29. The van der Waals surface area contributed by atoms with Gasteiger partial charge in [-0.05, 0) is 61.8 Å². The van der Waals surface area contributed by atoms with Crippen LogP contribution in [0.5, 0.6) is 5.75 Å². The summed E-state index contributed by atoms with van der Waals surface area (Å²) < 4.78 is 6.44. The summed E-state index contributed by atoms with van der Waals surface area (Å²) in [5.74, 6) is 0.664. The molecule has 1 N–H and O–H groups in total. The molecule has 6 rings (SSSR count). The van der Waals surface area contributed by atoms with Crippen LogP contribution >= 0.6 is 11.6 Å². The van der Waals surface area contributed by atoms with Crippen molar-refractivity contribution in [1.82, 2.24) is 20.0 Å². The number of piperazine rings is 1. The quantitative estimate of drug-likeness (QED) is 0.550. The summed E-state index contributed by atoms with van der Waals surface area (Å²) >= 11 is 6.26. The average molecular weight is 590 g/mol. The standard InChI is InChI=1S/C33H40ClN5O3/c1-32(2)30(33(3,4)31(32)42-25-7-5-22(19-35)27(34)18-25)39-20-23-17-21(6-8-26(23)29(39)41)28(40)38-15-13-37(14-16-38)24-9-11-36-12-10-24/h5-8,17-18,24,30-31,36H,9-16,20H2,1-4H3. The number of ether oxygens (including phenoxy) is 1.